The Labute approximate surface area is 437 Å². The van der Waals surface area contributed by atoms with Crippen molar-refractivity contribution >= 4 is 44.4 Å². The third-order valence-electron chi connectivity index (χ3n) is 16.1. The van der Waals surface area contributed by atoms with Crippen LogP contribution >= 0.6 is 0 Å². The Morgan fingerprint density at radius 1 is 0.389 bits per heavy atom. The van der Waals surface area contributed by atoms with E-state index in [0.29, 0.717) is 0 Å². The molecule has 7 rings (SSSR count). The lowest BCUT2D eigenvalue weighted by Crippen LogP contribution is -2.16. The Hall–Kier alpha value is -4.96. The van der Waals surface area contributed by atoms with Crippen LogP contribution in [-0.2, 0) is 34.5 Å². The number of nitrogens with zero attached hydrogens (tertiary/aromatic N) is 2. The number of aryl methyl sites for hydroxylation is 4. The van der Waals surface area contributed by atoms with E-state index in [4.69, 9.17) is 9.97 Å². The van der Waals surface area contributed by atoms with Crippen LogP contribution in [0.5, 0.6) is 0 Å². The maximum absolute atomic E-state index is 5.94. The van der Waals surface area contributed by atoms with Gasteiger partial charge in [0.2, 0.25) is 0 Å². The highest BCUT2D eigenvalue weighted by atomic mass is 14.8. The Balaban J connectivity index is 1.82. The van der Waals surface area contributed by atoms with Crippen molar-refractivity contribution in [1.29, 1.82) is 0 Å². The van der Waals surface area contributed by atoms with E-state index in [-0.39, 0.29) is 21.7 Å². The van der Waals surface area contributed by atoms with Gasteiger partial charge in [0.25, 0.3) is 0 Å². The van der Waals surface area contributed by atoms with E-state index in [1.54, 1.807) is 0 Å². The minimum absolute atomic E-state index is 0.0407. The van der Waals surface area contributed by atoms with E-state index < -0.39 is 0 Å². The Morgan fingerprint density at radius 3 is 1.00 bits per heavy atom. The van der Waals surface area contributed by atoms with Crippen LogP contribution in [0.3, 0.4) is 0 Å². The second-order valence-electron chi connectivity index (χ2n) is 26.0. The normalized spacial score (nSPS) is 13.8. The molecular formula is C68H94N4. The minimum Gasteiger partial charge on any atom is -0.354 e. The van der Waals surface area contributed by atoms with E-state index in [1.807, 2.05) is 0 Å². The van der Waals surface area contributed by atoms with Crippen molar-refractivity contribution in [2.45, 2.75) is 237 Å². The van der Waals surface area contributed by atoms with Gasteiger partial charge in [-0.15, -0.1) is 0 Å². The zero-order valence-corrected chi connectivity index (χ0v) is 49.0. The van der Waals surface area contributed by atoms with Gasteiger partial charge in [-0.3, -0.25) is 0 Å². The van der Waals surface area contributed by atoms with Crippen LogP contribution in [0, 0.1) is 13.8 Å². The summed E-state index contributed by atoms with van der Waals surface area (Å²) in [6, 6.07) is 19.7. The highest BCUT2D eigenvalue weighted by Crippen LogP contribution is 2.47. The average Bonchev–Trinajstić information content (AvgIpc) is 3.98. The summed E-state index contributed by atoms with van der Waals surface area (Å²) in [5, 5.41) is 0. The van der Waals surface area contributed by atoms with Gasteiger partial charge in [0.1, 0.15) is 0 Å². The lowest BCUT2D eigenvalue weighted by Gasteiger charge is -2.26. The monoisotopic (exact) mass is 967 g/mol. The Morgan fingerprint density at radius 2 is 0.694 bits per heavy atom. The number of hydrogen-bond acceptors (Lipinski definition) is 2. The van der Waals surface area contributed by atoms with Gasteiger partial charge in [-0.05, 0) is 191 Å². The molecule has 2 aliphatic rings. The molecule has 4 nitrogen and oxygen atoms in total. The average molecular weight is 968 g/mol. The van der Waals surface area contributed by atoms with Crippen molar-refractivity contribution in [1.82, 2.24) is 19.9 Å². The van der Waals surface area contributed by atoms with Gasteiger partial charge in [-0.25, -0.2) is 9.97 Å². The number of fused-ring (bicyclic) bond motifs is 8. The van der Waals surface area contributed by atoms with Crippen LogP contribution in [0.1, 0.15) is 256 Å². The summed E-state index contributed by atoms with van der Waals surface area (Å²) in [7, 11) is 0. The standard InChI is InChI=1S/C68H94N4/c1-21-25-29-51-41(5)61-59(45-33-47(65(9,10)11)37-48(34-45)66(12,13)14)62-43(7)53(31-27-23-3)57(71-62)40-58-54(32-28-24-4)44(8)64(72-58)60(46-35-49(67(15,16)17)38-50(36-46)68(18,19)20)63-42(6)52(30-26-22-2)56(70-63)39-55(51)69-61/h33-40,69,71H,21-32H2,1-20H3. The van der Waals surface area contributed by atoms with E-state index in [0.717, 1.165) is 105 Å². The van der Waals surface area contributed by atoms with Crippen molar-refractivity contribution in [3.05, 3.63) is 116 Å². The predicted octanol–water partition coefficient (Wildman–Crippen LogP) is 20.4. The van der Waals surface area contributed by atoms with E-state index in [2.05, 4.69) is 197 Å². The van der Waals surface area contributed by atoms with E-state index >= 15 is 0 Å². The fraction of sp³-hybridized carbons (Fsp3) is 0.529. The molecule has 5 heterocycles. The first kappa shape index (κ1) is 54.8. The zero-order valence-electron chi connectivity index (χ0n) is 49.0. The first-order valence-corrected chi connectivity index (χ1v) is 28.3. The highest BCUT2D eigenvalue weighted by molar-refractivity contribution is 6.03. The van der Waals surface area contributed by atoms with Crippen LogP contribution in [0.4, 0.5) is 0 Å². The first-order valence-electron chi connectivity index (χ1n) is 28.3. The number of benzene rings is 2. The third kappa shape index (κ3) is 11.1. The number of allylic oxidation sites excluding steroid dienone is 4. The molecule has 0 saturated carbocycles. The number of H-pyrrole nitrogens is 2. The summed E-state index contributed by atoms with van der Waals surface area (Å²) in [4.78, 5) is 20.4. The van der Waals surface area contributed by atoms with Crippen molar-refractivity contribution < 1.29 is 0 Å². The lowest BCUT2D eigenvalue weighted by molar-refractivity contribution is 0.568. The number of hydrogen-bond donors (Lipinski definition) is 2. The van der Waals surface area contributed by atoms with Crippen molar-refractivity contribution in [2.24, 2.45) is 0 Å². The number of aromatic amines is 2. The van der Waals surface area contributed by atoms with Crippen molar-refractivity contribution in [2.75, 3.05) is 0 Å². The van der Waals surface area contributed by atoms with Gasteiger partial charge >= 0.3 is 0 Å². The molecule has 0 atom stereocenters. The molecule has 2 N–H and O–H groups in total. The summed E-state index contributed by atoms with van der Waals surface area (Å²) >= 11 is 0. The molecule has 0 aliphatic carbocycles. The number of rotatable bonds is 14. The van der Waals surface area contributed by atoms with Crippen LogP contribution < -0.4 is 0 Å². The second kappa shape index (κ2) is 21.1. The molecule has 386 valence electrons. The molecule has 4 heteroatoms. The van der Waals surface area contributed by atoms with Gasteiger partial charge in [0.05, 0.1) is 33.8 Å². The number of unbranched alkanes of at least 4 members (excludes halogenated alkanes) is 4. The molecule has 0 unspecified atom stereocenters. The van der Waals surface area contributed by atoms with E-state index in [1.165, 1.54) is 106 Å². The lowest BCUT2D eigenvalue weighted by atomic mass is 9.78. The summed E-state index contributed by atoms with van der Waals surface area (Å²) in [6.07, 6.45) is 12.9. The van der Waals surface area contributed by atoms with Crippen LogP contribution in [0.25, 0.3) is 66.6 Å². The molecular weight excluding hydrogens is 873 g/mol. The smallest absolute Gasteiger partial charge is 0.0769 e. The summed E-state index contributed by atoms with van der Waals surface area (Å²) in [6.45, 7) is 47.0. The molecule has 0 saturated heterocycles. The molecule has 5 aromatic rings. The molecule has 72 heavy (non-hydrogen) atoms. The fourth-order valence-corrected chi connectivity index (χ4v) is 11.0. The van der Waals surface area contributed by atoms with E-state index in [9.17, 15) is 0 Å². The molecule has 2 aliphatic heterocycles. The SMILES string of the molecule is CCCCC1=C(C)c2nc1cc1[nH]c(c(C)c1CCCC)c(-c1cc(C(C)(C)C)cc(C(C)(C)C)c1)c1[nH]c(cc3nc(c2-c2cc(C(C)(C)C)cc(C(C)(C)C)c2)C(C)=C3CCCC)c(CCCC)c1C. The maximum atomic E-state index is 5.94. The van der Waals surface area contributed by atoms with Crippen LogP contribution in [-0.4, -0.2) is 19.9 Å². The van der Waals surface area contributed by atoms with Gasteiger partial charge in [0.15, 0.2) is 0 Å². The zero-order chi connectivity index (χ0) is 52.8. The summed E-state index contributed by atoms with van der Waals surface area (Å²) < 4.78 is 0. The predicted molar refractivity (Wildman–Crippen MR) is 317 cm³/mol. The van der Waals surface area contributed by atoms with Crippen LogP contribution in [0.15, 0.2) is 48.5 Å². The summed E-state index contributed by atoms with van der Waals surface area (Å²) in [5.74, 6) is 0. The molecule has 2 aromatic carbocycles. The highest BCUT2D eigenvalue weighted by Gasteiger charge is 2.30. The topological polar surface area (TPSA) is 57.4 Å². The number of aromatic nitrogens is 4. The molecule has 8 bridgehead atoms. The molecule has 0 radical (unpaired) electrons. The quantitative estimate of drug-likeness (QED) is 0.116. The summed E-state index contributed by atoms with van der Waals surface area (Å²) in [5.41, 5.74) is 29.9. The van der Waals surface area contributed by atoms with Crippen molar-refractivity contribution in [3.63, 3.8) is 0 Å². The number of nitrogens with one attached hydrogen (secondary N) is 2. The molecule has 0 spiro atoms. The Kier molecular flexibility index (Phi) is 16.1. The van der Waals surface area contributed by atoms with Crippen LogP contribution in [0.2, 0.25) is 0 Å². The first-order chi connectivity index (χ1) is 33.7. The Bertz CT molecular complexity index is 2870. The second-order valence-corrected chi connectivity index (χ2v) is 26.0. The van der Waals surface area contributed by atoms with Gasteiger partial charge < -0.3 is 9.97 Å². The minimum atomic E-state index is -0.0529. The largest absolute Gasteiger partial charge is 0.354 e. The van der Waals surface area contributed by atoms with Crippen molar-refractivity contribution in [3.8, 4) is 22.3 Å². The fourth-order valence-electron chi connectivity index (χ4n) is 11.0. The van der Waals surface area contributed by atoms with Gasteiger partial charge in [-0.2, -0.15) is 0 Å². The molecule has 0 fully saturated rings. The third-order valence-corrected chi connectivity index (χ3v) is 16.1. The van der Waals surface area contributed by atoms with Gasteiger partial charge in [0, 0.05) is 22.2 Å². The molecule has 3 aromatic heterocycles. The molecule has 0 amide bonds. The maximum Gasteiger partial charge on any atom is 0.0769 e. The van der Waals surface area contributed by atoms with Gasteiger partial charge in [-0.1, -0.05) is 173 Å².